The minimum Gasteiger partial charge on any atom is -0.399 e. The molecule has 2 heteroatoms. The Bertz CT molecular complexity index is 591. The first kappa shape index (κ1) is 13.0. The lowest BCUT2D eigenvalue weighted by Gasteiger charge is -2.35. The SMILES string of the molecule is Cc1ccccc1N1CCCC(c2cccc(N)c2)C1. The molecule has 1 fully saturated rings. The van der Waals surface area contributed by atoms with Crippen LogP contribution in [0.25, 0.3) is 0 Å². The molecule has 20 heavy (non-hydrogen) atoms. The highest BCUT2D eigenvalue weighted by molar-refractivity contribution is 5.54. The summed E-state index contributed by atoms with van der Waals surface area (Å²) in [4.78, 5) is 2.52. The Morgan fingerprint density at radius 1 is 1.10 bits per heavy atom. The molecule has 3 rings (SSSR count). The molecule has 1 aliphatic heterocycles. The van der Waals surface area contributed by atoms with Crippen molar-refractivity contribution in [3.05, 3.63) is 59.7 Å². The second-order valence-electron chi connectivity index (χ2n) is 5.74. The molecule has 2 nitrogen and oxygen atoms in total. The fourth-order valence-electron chi connectivity index (χ4n) is 3.20. The van der Waals surface area contributed by atoms with Gasteiger partial charge < -0.3 is 10.6 Å². The number of aryl methyl sites for hydroxylation is 1. The van der Waals surface area contributed by atoms with Crippen molar-refractivity contribution in [1.82, 2.24) is 0 Å². The lowest BCUT2D eigenvalue weighted by molar-refractivity contribution is 0.510. The van der Waals surface area contributed by atoms with Crippen LogP contribution in [0.4, 0.5) is 11.4 Å². The second kappa shape index (κ2) is 5.58. The average molecular weight is 266 g/mol. The molecule has 0 aliphatic carbocycles. The van der Waals surface area contributed by atoms with Gasteiger partial charge in [0.2, 0.25) is 0 Å². The summed E-state index contributed by atoms with van der Waals surface area (Å²) >= 11 is 0. The molecule has 1 atom stereocenters. The van der Waals surface area contributed by atoms with E-state index in [1.54, 1.807) is 0 Å². The van der Waals surface area contributed by atoms with Gasteiger partial charge >= 0.3 is 0 Å². The predicted molar refractivity (Wildman–Crippen MR) is 86.2 cm³/mol. The van der Waals surface area contributed by atoms with Gasteiger partial charge in [-0.2, -0.15) is 0 Å². The van der Waals surface area contributed by atoms with Crippen molar-refractivity contribution in [2.45, 2.75) is 25.7 Å². The number of nitrogen functional groups attached to an aromatic ring is 1. The standard InChI is InChI=1S/C18H22N2/c1-14-6-2-3-10-18(14)20-11-5-8-16(13-20)15-7-4-9-17(19)12-15/h2-4,6-7,9-10,12,16H,5,8,11,13,19H2,1H3. The normalized spacial score (nSPS) is 19.1. The van der Waals surface area contributed by atoms with Crippen molar-refractivity contribution in [3.63, 3.8) is 0 Å². The molecule has 1 unspecified atom stereocenters. The topological polar surface area (TPSA) is 29.3 Å². The molecule has 0 radical (unpaired) electrons. The predicted octanol–water partition coefficient (Wildman–Crippen LogP) is 3.96. The third-order valence-electron chi connectivity index (χ3n) is 4.26. The van der Waals surface area contributed by atoms with Crippen LogP contribution in [-0.4, -0.2) is 13.1 Å². The largest absolute Gasteiger partial charge is 0.399 e. The lowest BCUT2D eigenvalue weighted by Crippen LogP contribution is -2.34. The molecule has 0 amide bonds. The Hall–Kier alpha value is -1.96. The van der Waals surface area contributed by atoms with Crippen LogP contribution in [0.1, 0.15) is 29.9 Å². The summed E-state index contributed by atoms with van der Waals surface area (Å²) in [5.41, 5.74) is 10.9. The summed E-state index contributed by atoms with van der Waals surface area (Å²) in [5.74, 6) is 0.590. The Labute approximate surface area is 121 Å². The second-order valence-corrected chi connectivity index (χ2v) is 5.74. The number of hydrogen-bond acceptors (Lipinski definition) is 2. The van der Waals surface area contributed by atoms with Crippen LogP contribution in [0, 0.1) is 6.92 Å². The van der Waals surface area contributed by atoms with Crippen LogP contribution in [-0.2, 0) is 0 Å². The zero-order valence-electron chi connectivity index (χ0n) is 12.0. The quantitative estimate of drug-likeness (QED) is 0.834. The van der Waals surface area contributed by atoms with Crippen LogP contribution in [0.2, 0.25) is 0 Å². The maximum Gasteiger partial charge on any atom is 0.0396 e. The molecule has 2 aromatic carbocycles. The van der Waals surface area contributed by atoms with Crippen molar-refractivity contribution in [3.8, 4) is 0 Å². The molecule has 1 heterocycles. The molecular formula is C18H22N2. The summed E-state index contributed by atoms with van der Waals surface area (Å²) in [6.07, 6.45) is 2.50. The van der Waals surface area contributed by atoms with E-state index in [-0.39, 0.29) is 0 Å². The van der Waals surface area contributed by atoms with E-state index >= 15 is 0 Å². The third-order valence-corrected chi connectivity index (χ3v) is 4.26. The number of anilines is 2. The highest BCUT2D eigenvalue weighted by Crippen LogP contribution is 2.31. The van der Waals surface area contributed by atoms with Crippen molar-refractivity contribution in [1.29, 1.82) is 0 Å². The Morgan fingerprint density at radius 2 is 1.95 bits per heavy atom. The zero-order valence-corrected chi connectivity index (χ0v) is 12.0. The van der Waals surface area contributed by atoms with E-state index < -0.39 is 0 Å². The van der Waals surface area contributed by atoms with Gasteiger partial charge in [-0.15, -0.1) is 0 Å². The summed E-state index contributed by atoms with van der Waals surface area (Å²) < 4.78 is 0. The third kappa shape index (κ3) is 2.64. The van der Waals surface area contributed by atoms with E-state index in [0.717, 1.165) is 18.8 Å². The molecule has 2 N–H and O–H groups in total. The van der Waals surface area contributed by atoms with E-state index in [4.69, 9.17) is 5.73 Å². The van der Waals surface area contributed by atoms with E-state index in [1.165, 1.54) is 29.7 Å². The number of piperidine rings is 1. The smallest absolute Gasteiger partial charge is 0.0396 e. The van der Waals surface area contributed by atoms with Gasteiger partial charge in [0.05, 0.1) is 0 Å². The average Bonchev–Trinajstić information content (AvgIpc) is 2.48. The van der Waals surface area contributed by atoms with Gasteiger partial charge in [0.1, 0.15) is 0 Å². The molecule has 0 saturated carbocycles. The molecule has 0 bridgehead atoms. The molecule has 1 saturated heterocycles. The Balaban J connectivity index is 1.82. The van der Waals surface area contributed by atoms with Crippen LogP contribution >= 0.6 is 0 Å². The molecule has 2 aromatic rings. The molecular weight excluding hydrogens is 244 g/mol. The van der Waals surface area contributed by atoms with E-state index in [9.17, 15) is 0 Å². The maximum atomic E-state index is 5.92. The zero-order chi connectivity index (χ0) is 13.9. The van der Waals surface area contributed by atoms with Gasteiger partial charge in [-0.3, -0.25) is 0 Å². The Morgan fingerprint density at radius 3 is 2.75 bits per heavy atom. The van der Waals surface area contributed by atoms with Crippen LogP contribution in [0.3, 0.4) is 0 Å². The molecule has 0 aromatic heterocycles. The van der Waals surface area contributed by atoms with Gasteiger partial charge in [0.25, 0.3) is 0 Å². The highest BCUT2D eigenvalue weighted by atomic mass is 15.1. The first-order valence-corrected chi connectivity index (χ1v) is 7.40. The fraction of sp³-hybridized carbons (Fsp3) is 0.333. The van der Waals surface area contributed by atoms with Gasteiger partial charge in [-0.05, 0) is 49.1 Å². The van der Waals surface area contributed by atoms with Gasteiger partial charge in [-0.1, -0.05) is 30.3 Å². The minimum absolute atomic E-state index is 0.590. The fourth-order valence-corrected chi connectivity index (χ4v) is 3.20. The summed E-state index contributed by atoms with van der Waals surface area (Å²) in [7, 11) is 0. The summed E-state index contributed by atoms with van der Waals surface area (Å²) in [5, 5.41) is 0. The first-order valence-electron chi connectivity index (χ1n) is 7.40. The lowest BCUT2D eigenvalue weighted by atomic mass is 9.90. The van der Waals surface area contributed by atoms with Crippen molar-refractivity contribution in [2.75, 3.05) is 23.7 Å². The highest BCUT2D eigenvalue weighted by Gasteiger charge is 2.22. The van der Waals surface area contributed by atoms with E-state index in [2.05, 4.69) is 54.3 Å². The van der Waals surface area contributed by atoms with Crippen LogP contribution in [0.5, 0.6) is 0 Å². The number of benzene rings is 2. The summed E-state index contributed by atoms with van der Waals surface area (Å²) in [6, 6.07) is 17.0. The molecule has 1 aliphatic rings. The van der Waals surface area contributed by atoms with E-state index in [0.29, 0.717) is 5.92 Å². The molecule has 104 valence electrons. The maximum absolute atomic E-state index is 5.92. The number of hydrogen-bond donors (Lipinski definition) is 1. The van der Waals surface area contributed by atoms with Gasteiger partial charge in [-0.25, -0.2) is 0 Å². The number of para-hydroxylation sites is 1. The molecule has 0 spiro atoms. The number of nitrogens with two attached hydrogens (primary N) is 1. The van der Waals surface area contributed by atoms with Crippen LogP contribution < -0.4 is 10.6 Å². The number of rotatable bonds is 2. The monoisotopic (exact) mass is 266 g/mol. The van der Waals surface area contributed by atoms with E-state index in [1.807, 2.05) is 6.07 Å². The van der Waals surface area contributed by atoms with Crippen LogP contribution in [0.15, 0.2) is 48.5 Å². The minimum atomic E-state index is 0.590. The van der Waals surface area contributed by atoms with Crippen molar-refractivity contribution in [2.24, 2.45) is 0 Å². The van der Waals surface area contributed by atoms with Crippen molar-refractivity contribution >= 4 is 11.4 Å². The Kier molecular flexibility index (Phi) is 3.64. The van der Waals surface area contributed by atoms with Gasteiger partial charge in [0.15, 0.2) is 0 Å². The first-order chi connectivity index (χ1) is 9.74. The summed E-state index contributed by atoms with van der Waals surface area (Å²) in [6.45, 7) is 4.44. The van der Waals surface area contributed by atoms with Crippen molar-refractivity contribution < 1.29 is 0 Å². The number of nitrogens with zero attached hydrogens (tertiary/aromatic N) is 1. The van der Waals surface area contributed by atoms with Gasteiger partial charge in [0, 0.05) is 30.4 Å².